The molecule has 33 heavy (non-hydrogen) atoms. The Morgan fingerprint density at radius 1 is 0.879 bits per heavy atom. The van der Waals surface area contributed by atoms with E-state index >= 15 is 0 Å². The predicted molar refractivity (Wildman–Crippen MR) is 135 cm³/mol. The van der Waals surface area contributed by atoms with Gasteiger partial charge in [0, 0.05) is 67.1 Å². The second kappa shape index (κ2) is 9.00. The van der Waals surface area contributed by atoms with E-state index in [9.17, 15) is 4.79 Å². The van der Waals surface area contributed by atoms with E-state index in [4.69, 9.17) is 4.74 Å². The Bertz CT molecular complexity index is 1250. The van der Waals surface area contributed by atoms with Crippen molar-refractivity contribution in [2.45, 2.75) is 0 Å². The van der Waals surface area contributed by atoms with Crippen LogP contribution in [0.3, 0.4) is 0 Å². The molecular weight excluding hydrogens is 412 g/mol. The number of nitrogens with one attached hydrogen (secondary N) is 1. The molecule has 0 saturated carbocycles. The molecular formula is C27H28N4O2. The van der Waals surface area contributed by atoms with Crippen molar-refractivity contribution >= 4 is 33.9 Å². The van der Waals surface area contributed by atoms with E-state index in [-0.39, 0.29) is 5.91 Å². The highest BCUT2D eigenvalue weighted by atomic mass is 16.5. The summed E-state index contributed by atoms with van der Waals surface area (Å²) in [5.74, 6) is -0.113. The number of anilines is 3. The topological polar surface area (TPSA) is 49.7 Å². The minimum atomic E-state index is -0.113. The van der Waals surface area contributed by atoms with Gasteiger partial charge in [0.25, 0.3) is 5.91 Å². The molecule has 1 fully saturated rings. The number of nitrogens with zero attached hydrogens (tertiary/aromatic N) is 3. The predicted octanol–water partition coefficient (Wildman–Crippen LogP) is 4.79. The summed E-state index contributed by atoms with van der Waals surface area (Å²) in [7, 11) is 3.96. The lowest BCUT2D eigenvalue weighted by molar-refractivity contribution is 0.102. The SMILES string of the molecule is CN(C)c1ccc(C(=O)Nc2ccc3c(ccn3-c3ccc(N4CCOCC4)cc3)c2)cc1. The number of rotatable bonds is 5. The maximum Gasteiger partial charge on any atom is 0.255 e. The highest BCUT2D eigenvalue weighted by Crippen LogP contribution is 2.26. The zero-order chi connectivity index (χ0) is 22.8. The van der Waals surface area contributed by atoms with Crippen molar-refractivity contribution in [3.8, 4) is 5.69 Å². The molecule has 0 aliphatic carbocycles. The molecule has 5 rings (SSSR count). The summed E-state index contributed by atoms with van der Waals surface area (Å²) in [4.78, 5) is 17.0. The summed E-state index contributed by atoms with van der Waals surface area (Å²) in [6.07, 6.45) is 2.07. The monoisotopic (exact) mass is 440 g/mol. The fourth-order valence-electron chi connectivity index (χ4n) is 4.21. The van der Waals surface area contributed by atoms with Gasteiger partial charge in [0.1, 0.15) is 0 Å². The molecule has 1 amide bonds. The third kappa shape index (κ3) is 4.43. The van der Waals surface area contributed by atoms with Crippen LogP contribution in [0.4, 0.5) is 17.1 Å². The number of aromatic nitrogens is 1. The van der Waals surface area contributed by atoms with E-state index in [1.807, 2.05) is 55.4 Å². The lowest BCUT2D eigenvalue weighted by Gasteiger charge is -2.29. The lowest BCUT2D eigenvalue weighted by Crippen LogP contribution is -2.36. The van der Waals surface area contributed by atoms with Gasteiger partial charge in [-0.3, -0.25) is 4.79 Å². The van der Waals surface area contributed by atoms with Gasteiger partial charge in [0.15, 0.2) is 0 Å². The van der Waals surface area contributed by atoms with Gasteiger partial charge in [-0.2, -0.15) is 0 Å². The zero-order valence-corrected chi connectivity index (χ0v) is 19.0. The molecule has 0 spiro atoms. The second-order valence-electron chi connectivity index (χ2n) is 8.47. The quantitative estimate of drug-likeness (QED) is 0.485. The largest absolute Gasteiger partial charge is 0.378 e. The van der Waals surface area contributed by atoms with Crippen LogP contribution in [0.2, 0.25) is 0 Å². The van der Waals surface area contributed by atoms with Crippen molar-refractivity contribution in [1.82, 2.24) is 4.57 Å². The molecule has 6 nitrogen and oxygen atoms in total. The fourth-order valence-corrected chi connectivity index (χ4v) is 4.21. The Balaban J connectivity index is 1.32. The molecule has 1 saturated heterocycles. The lowest BCUT2D eigenvalue weighted by atomic mass is 10.1. The summed E-state index contributed by atoms with van der Waals surface area (Å²) >= 11 is 0. The van der Waals surface area contributed by atoms with Crippen LogP contribution in [0.1, 0.15) is 10.4 Å². The first-order chi connectivity index (χ1) is 16.1. The molecule has 2 heterocycles. The first-order valence-electron chi connectivity index (χ1n) is 11.2. The van der Waals surface area contributed by atoms with Crippen LogP contribution >= 0.6 is 0 Å². The number of amides is 1. The molecule has 1 N–H and O–H groups in total. The van der Waals surface area contributed by atoms with Gasteiger partial charge in [-0.15, -0.1) is 0 Å². The van der Waals surface area contributed by atoms with E-state index in [2.05, 4.69) is 57.4 Å². The number of benzene rings is 3. The van der Waals surface area contributed by atoms with Crippen LogP contribution in [0, 0.1) is 0 Å². The molecule has 3 aromatic carbocycles. The molecule has 1 aliphatic heterocycles. The molecule has 0 unspecified atom stereocenters. The molecule has 1 aromatic heterocycles. The number of hydrogen-bond donors (Lipinski definition) is 1. The first-order valence-corrected chi connectivity index (χ1v) is 11.2. The van der Waals surface area contributed by atoms with Gasteiger partial charge in [0.05, 0.1) is 18.7 Å². The standard InChI is InChI=1S/C27H28N4O2/c1-29(2)23-6-3-20(4-7-23)27(32)28-22-5-12-26-21(19-22)13-14-31(26)25-10-8-24(9-11-25)30-15-17-33-18-16-30/h3-14,19H,15-18H2,1-2H3,(H,28,32). The Labute approximate surface area is 194 Å². The van der Waals surface area contributed by atoms with Crippen molar-refractivity contribution in [3.05, 3.63) is 84.6 Å². The van der Waals surface area contributed by atoms with E-state index in [0.717, 1.165) is 54.3 Å². The van der Waals surface area contributed by atoms with Gasteiger partial charge in [-0.25, -0.2) is 0 Å². The Kier molecular flexibility index (Phi) is 5.75. The van der Waals surface area contributed by atoms with E-state index in [1.54, 1.807) is 0 Å². The van der Waals surface area contributed by atoms with Gasteiger partial charge in [-0.05, 0) is 72.8 Å². The molecule has 0 atom stereocenters. The van der Waals surface area contributed by atoms with Crippen LogP contribution in [0.25, 0.3) is 16.6 Å². The number of fused-ring (bicyclic) bond motifs is 1. The van der Waals surface area contributed by atoms with Gasteiger partial charge >= 0.3 is 0 Å². The third-order valence-electron chi connectivity index (χ3n) is 6.10. The Morgan fingerprint density at radius 3 is 2.27 bits per heavy atom. The van der Waals surface area contributed by atoms with Crippen LogP contribution < -0.4 is 15.1 Å². The normalized spacial score (nSPS) is 13.8. The van der Waals surface area contributed by atoms with Gasteiger partial charge in [0.2, 0.25) is 0 Å². The summed E-state index contributed by atoms with van der Waals surface area (Å²) in [6.45, 7) is 3.43. The average Bonchev–Trinajstić information content (AvgIpc) is 3.28. The molecule has 168 valence electrons. The minimum Gasteiger partial charge on any atom is -0.378 e. The molecule has 0 bridgehead atoms. The number of ether oxygens (including phenoxy) is 1. The number of carbonyl (C=O) groups is 1. The second-order valence-corrected chi connectivity index (χ2v) is 8.47. The minimum absolute atomic E-state index is 0.113. The molecule has 0 radical (unpaired) electrons. The third-order valence-corrected chi connectivity index (χ3v) is 6.10. The maximum atomic E-state index is 12.7. The van der Waals surface area contributed by atoms with Crippen molar-refractivity contribution in [2.75, 3.05) is 55.5 Å². The first kappa shape index (κ1) is 21.1. The molecule has 1 aliphatic rings. The summed E-state index contributed by atoms with van der Waals surface area (Å²) < 4.78 is 7.62. The summed E-state index contributed by atoms with van der Waals surface area (Å²) in [5, 5.41) is 4.09. The number of carbonyl (C=O) groups excluding carboxylic acids is 1. The van der Waals surface area contributed by atoms with Crippen molar-refractivity contribution < 1.29 is 9.53 Å². The van der Waals surface area contributed by atoms with Crippen LogP contribution in [0.5, 0.6) is 0 Å². The van der Waals surface area contributed by atoms with Crippen molar-refractivity contribution in [3.63, 3.8) is 0 Å². The highest BCUT2D eigenvalue weighted by molar-refractivity contribution is 6.05. The van der Waals surface area contributed by atoms with E-state index < -0.39 is 0 Å². The molecule has 4 aromatic rings. The van der Waals surface area contributed by atoms with Crippen LogP contribution in [0.15, 0.2) is 79.0 Å². The number of hydrogen-bond acceptors (Lipinski definition) is 4. The van der Waals surface area contributed by atoms with E-state index in [1.165, 1.54) is 5.69 Å². The summed E-state index contributed by atoms with van der Waals surface area (Å²) in [5.41, 5.74) is 5.92. The van der Waals surface area contributed by atoms with Crippen molar-refractivity contribution in [1.29, 1.82) is 0 Å². The average molecular weight is 441 g/mol. The maximum absolute atomic E-state index is 12.7. The summed E-state index contributed by atoms with van der Waals surface area (Å²) in [6, 6.07) is 24.3. The zero-order valence-electron chi connectivity index (χ0n) is 19.0. The van der Waals surface area contributed by atoms with Crippen LogP contribution in [-0.2, 0) is 4.74 Å². The van der Waals surface area contributed by atoms with Crippen LogP contribution in [-0.4, -0.2) is 50.9 Å². The van der Waals surface area contributed by atoms with E-state index in [0.29, 0.717) is 5.56 Å². The fraction of sp³-hybridized carbons (Fsp3) is 0.222. The Morgan fingerprint density at radius 2 is 1.58 bits per heavy atom. The van der Waals surface area contributed by atoms with Gasteiger partial charge in [-0.1, -0.05) is 0 Å². The molecule has 6 heteroatoms. The smallest absolute Gasteiger partial charge is 0.255 e. The van der Waals surface area contributed by atoms with Gasteiger partial charge < -0.3 is 24.4 Å². The highest BCUT2D eigenvalue weighted by Gasteiger charge is 2.12. The number of morpholine rings is 1. The Hall–Kier alpha value is -3.77. The van der Waals surface area contributed by atoms with Crippen molar-refractivity contribution in [2.24, 2.45) is 0 Å².